The maximum Gasteiger partial charge on any atom is 0.324 e. The van der Waals surface area contributed by atoms with Crippen molar-refractivity contribution in [2.45, 2.75) is 13.3 Å². The fourth-order valence-electron chi connectivity index (χ4n) is 2.53. The number of guanidine groups is 1. The first-order chi connectivity index (χ1) is 12.0. The highest BCUT2D eigenvalue weighted by Gasteiger charge is 2.27. The van der Waals surface area contributed by atoms with E-state index in [1.165, 1.54) is 10.5 Å². The highest BCUT2D eigenvalue weighted by atomic mass is 16.5. The lowest BCUT2D eigenvalue weighted by Crippen LogP contribution is -2.43. The molecule has 1 aromatic carbocycles. The monoisotopic (exact) mass is 347 g/mol. The molecule has 2 rings (SSSR count). The molecule has 8 heteroatoms. The summed E-state index contributed by atoms with van der Waals surface area (Å²) >= 11 is 0. The summed E-state index contributed by atoms with van der Waals surface area (Å²) in [5.74, 6) is 1.31. The summed E-state index contributed by atoms with van der Waals surface area (Å²) in [6.45, 7) is 3.54. The van der Waals surface area contributed by atoms with Crippen LogP contribution in [-0.2, 0) is 11.2 Å². The Balaban J connectivity index is 1.73. The lowest BCUT2D eigenvalue weighted by molar-refractivity contribution is -0.124. The van der Waals surface area contributed by atoms with Gasteiger partial charge in [-0.25, -0.2) is 4.79 Å². The number of ether oxygens (including phenoxy) is 1. The summed E-state index contributed by atoms with van der Waals surface area (Å²) in [4.78, 5) is 28.3. The first-order valence-corrected chi connectivity index (χ1v) is 8.21. The van der Waals surface area contributed by atoms with Gasteiger partial charge in [0.25, 0.3) is 0 Å². The van der Waals surface area contributed by atoms with E-state index in [0.29, 0.717) is 25.6 Å². The van der Waals surface area contributed by atoms with Crippen molar-refractivity contribution in [3.8, 4) is 5.75 Å². The number of carbonyl (C=O) groups excluding carboxylic acids is 2. The maximum atomic E-state index is 11.5. The van der Waals surface area contributed by atoms with Crippen LogP contribution in [0.1, 0.15) is 11.1 Å². The SMILES string of the molecule is CN=C(NCCc1ccc(C)c(OC)c1)NCCN1C(=O)CNC1=O. The second-order valence-corrected chi connectivity index (χ2v) is 5.68. The van der Waals surface area contributed by atoms with Crippen molar-refractivity contribution in [3.63, 3.8) is 0 Å². The van der Waals surface area contributed by atoms with Crippen LogP contribution < -0.4 is 20.7 Å². The molecule has 0 bridgehead atoms. The number of hydrogen-bond donors (Lipinski definition) is 3. The van der Waals surface area contributed by atoms with E-state index in [4.69, 9.17) is 4.74 Å². The van der Waals surface area contributed by atoms with Gasteiger partial charge in [0.15, 0.2) is 5.96 Å². The van der Waals surface area contributed by atoms with Gasteiger partial charge in [0.2, 0.25) is 5.91 Å². The molecule has 0 unspecified atom stereocenters. The molecule has 0 spiro atoms. The van der Waals surface area contributed by atoms with E-state index in [1.54, 1.807) is 14.2 Å². The van der Waals surface area contributed by atoms with Gasteiger partial charge in [0.1, 0.15) is 5.75 Å². The van der Waals surface area contributed by atoms with Crippen molar-refractivity contribution in [1.29, 1.82) is 0 Å². The van der Waals surface area contributed by atoms with Gasteiger partial charge in [-0.1, -0.05) is 12.1 Å². The van der Waals surface area contributed by atoms with Crippen LogP contribution in [0.15, 0.2) is 23.2 Å². The number of carbonyl (C=O) groups is 2. The molecule has 3 amide bonds. The zero-order chi connectivity index (χ0) is 18.2. The minimum absolute atomic E-state index is 0.0752. The number of urea groups is 1. The smallest absolute Gasteiger partial charge is 0.324 e. The quantitative estimate of drug-likeness (QED) is 0.374. The van der Waals surface area contributed by atoms with Crippen LogP contribution in [-0.4, -0.2) is 63.1 Å². The minimum atomic E-state index is -0.344. The third kappa shape index (κ3) is 5.10. The molecule has 0 aliphatic carbocycles. The summed E-state index contributed by atoms with van der Waals surface area (Å²) in [5, 5.41) is 8.80. The van der Waals surface area contributed by atoms with E-state index < -0.39 is 0 Å². The molecule has 1 saturated heterocycles. The second kappa shape index (κ2) is 8.91. The second-order valence-electron chi connectivity index (χ2n) is 5.68. The summed E-state index contributed by atoms with van der Waals surface area (Å²) < 4.78 is 5.33. The van der Waals surface area contributed by atoms with Crippen LogP contribution in [0.4, 0.5) is 4.79 Å². The van der Waals surface area contributed by atoms with Crippen molar-refractivity contribution in [1.82, 2.24) is 20.9 Å². The minimum Gasteiger partial charge on any atom is -0.496 e. The highest BCUT2D eigenvalue weighted by Crippen LogP contribution is 2.18. The molecule has 1 fully saturated rings. The zero-order valence-electron chi connectivity index (χ0n) is 14.9. The van der Waals surface area contributed by atoms with Crippen LogP contribution in [0, 0.1) is 6.92 Å². The number of rotatable bonds is 7. The fourth-order valence-corrected chi connectivity index (χ4v) is 2.53. The van der Waals surface area contributed by atoms with E-state index in [9.17, 15) is 9.59 Å². The van der Waals surface area contributed by atoms with Crippen LogP contribution in [0.3, 0.4) is 0 Å². The first-order valence-electron chi connectivity index (χ1n) is 8.21. The molecule has 0 saturated carbocycles. The molecule has 0 aromatic heterocycles. The third-order valence-corrected chi connectivity index (χ3v) is 3.97. The van der Waals surface area contributed by atoms with Crippen molar-refractivity contribution in [2.75, 3.05) is 40.3 Å². The maximum absolute atomic E-state index is 11.5. The zero-order valence-corrected chi connectivity index (χ0v) is 14.9. The Labute approximate surface area is 147 Å². The molecule has 25 heavy (non-hydrogen) atoms. The number of methoxy groups -OCH3 is 1. The van der Waals surface area contributed by atoms with E-state index in [2.05, 4.69) is 27.0 Å². The standard InChI is InChI=1S/C17H25N5O3/c1-12-4-5-13(10-14(12)25-3)6-7-19-16(18-2)20-8-9-22-15(23)11-21-17(22)24/h4-5,10H,6-9,11H2,1-3H3,(H,21,24)(H2,18,19,20). The third-order valence-electron chi connectivity index (χ3n) is 3.97. The lowest BCUT2D eigenvalue weighted by Gasteiger charge is -2.15. The number of imide groups is 1. The molecular weight excluding hydrogens is 322 g/mol. The van der Waals surface area contributed by atoms with Crippen LogP contribution in [0.25, 0.3) is 0 Å². The van der Waals surface area contributed by atoms with E-state index in [0.717, 1.165) is 17.7 Å². The molecule has 1 heterocycles. The number of hydrogen-bond acceptors (Lipinski definition) is 4. The average Bonchev–Trinajstić information content (AvgIpc) is 2.93. The number of aliphatic imine (C=N–C) groups is 1. The Morgan fingerprint density at radius 3 is 2.72 bits per heavy atom. The Bertz CT molecular complexity index is 644. The molecule has 3 N–H and O–H groups in total. The summed E-state index contributed by atoms with van der Waals surface area (Å²) in [7, 11) is 3.35. The number of benzene rings is 1. The molecular formula is C17H25N5O3. The Kier molecular flexibility index (Phi) is 6.62. The van der Waals surface area contributed by atoms with Crippen LogP contribution >= 0.6 is 0 Å². The van der Waals surface area contributed by atoms with Gasteiger partial charge in [-0.05, 0) is 30.5 Å². The predicted octanol–water partition coefficient (Wildman–Crippen LogP) is 0.263. The molecule has 0 radical (unpaired) electrons. The number of nitrogens with zero attached hydrogens (tertiary/aromatic N) is 2. The number of nitrogens with one attached hydrogen (secondary N) is 3. The predicted molar refractivity (Wildman–Crippen MR) is 95.9 cm³/mol. The van der Waals surface area contributed by atoms with Crippen molar-refractivity contribution >= 4 is 17.9 Å². The van der Waals surface area contributed by atoms with Crippen molar-refractivity contribution in [3.05, 3.63) is 29.3 Å². The van der Waals surface area contributed by atoms with Gasteiger partial charge in [-0.15, -0.1) is 0 Å². The largest absolute Gasteiger partial charge is 0.496 e. The van der Waals surface area contributed by atoms with E-state index >= 15 is 0 Å². The molecule has 8 nitrogen and oxygen atoms in total. The van der Waals surface area contributed by atoms with Crippen LogP contribution in [0.2, 0.25) is 0 Å². The Morgan fingerprint density at radius 2 is 2.08 bits per heavy atom. The van der Waals surface area contributed by atoms with Gasteiger partial charge in [0.05, 0.1) is 13.7 Å². The van der Waals surface area contributed by atoms with Crippen LogP contribution in [0.5, 0.6) is 5.75 Å². The number of aryl methyl sites for hydroxylation is 1. The Morgan fingerprint density at radius 1 is 1.32 bits per heavy atom. The lowest BCUT2D eigenvalue weighted by atomic mass is 10.1. The normalized spacial score (nSPS) is 14.5. The summed E-state index contributed by atoms with van der Waals surface area (Å²) in [6.07, 6.45) is 0.824. The molecule has 136 valence electrons. The van der Waals surface area contributed by atoms with Gasteiger partial charge < -0.3 is 20.7 Å². The van der Waals surface area contributed by atoms with E-state index in [1.807, 2.05) is 19.1 Å². The number of amides is 3. The summed E-state index contributed by atoms with van der Waals surface area (Å²) in [5.41, 5.74) is 2.28. The summed E-state index contributed by atoms with van der Waals surface area (Å²) in [6, 6.07) is 5.81. The molecule has 0 atom stereocenters. The van der Waals surface area contributed by atoms with E-state index in [-0.39, 0.29) is 18.5 Å². The van der Waals surface area contributed by atoms with Crippen molar-refractivity contribution < 1.29 is 14.3 Å². The van der Waals surface area contributed by atoms with Gasteiger partial charge in [-0.3, -0.25) is 14.7 Å². The van der Waals surface area contributed by atoms with Crippen molar-refractivity contribution in [2.24, 2.45) is 4.99 Å². The Hall–Kier alpha value is -2.77. The average molecular weight is 347 g/mol. The highest BCUT2D eigenvalue weighted by molar-refractivity contribution is 6.01. The molecule has 1 aliphatic rings. The van der Waals surface area contributed by atoms with Gasteiger partial charge >= 0.3 is 6.03 Å². The fraction of sp³-hybridized carbons (Fsp3) is 0.471. The molecule has 1 aliphatic heterocycles. The van der Waals surface area contributed by atoms with Gasteiger partial charge in [-0.2, -0.15) is 0 Å². The molecule has 1 aromatic rings. The first kappa shape index (κ1) is 18.6. The van der Waals surface area contributed by atoms with Gasteiger partial charge in [0, 0.05) is 26.7 Å². The topological polar surface area (TPSA) is 95.1 Å².